The summed E-state index contributed by atoms with van der Waals surface area (Å²) in [4.78, 5) is 0. The zero-order valence-corrected chi connectivity index (χ0v) is 10.5. The zero-order chi connectivity index (χ0) is 12.5. The summed E-state index contributed by atoms with van der Waals surface area (Å²) in [7, 11) is 0. The number of anilines is 1. The fraction of sp³-hybridized carbons (Fsp3) is 0.200. The normalized spacial score (nSPS) is 12.5. The summed E-state index contributed by atoms with van der Waals surface area (Å²) in [5, 5.41) is 3.15. The van der Waals surface area contributed by atoms with E-state index in [-0.39, 0.29) is 0 Å². The van der Waals surface area contributed by atoms with Gasteiger partial charge >= 0.3 is 0 Å². The van der Waals surface area contributed by atoms with Crippen molar-refractivity contribution in [2.75, 3.05) is 12.3 Å². The van der Waals surface area contributed by atoms with E-state index in [9.17, 15) is 0 Å². The third-order valence-corrected chi connectivity index (χ3v) is 2.34. The molecule has 1 aromatic rings. The van der Waals surface area contributed by atoms with E-state index in [0.717, 1.165) is 17.8 Å². The number of hydrogen-bond donors (Lipinski definition) is 2. The molecule has 0 atom stereocenters. The highest BCUT2D eigenvalue weighted by Gasteiger charge is 1.87. The van der Waals surface area contributed by atoms with Crippen molar-refractivity contribution in [2.24, 2.45) is 0 Å². The van der Waals surface area contributed by atoms with Crippen LogP contribution in [0.3, 0.4) is 0 Å². The monoisotopic (exact) mass is 228 g/mol. The Morgan fingerprint density at radius 1 is 1.24 bits per heavy atom. The predicted octanol–water partition coefficient (Wildman–Crippen LogP) is 3.35. The standard InChI is InChI=1S/C15H20N2/c1-3-13(11-12-17-4-2)5-6-14-7-9-15(16)10-8-14/h3,5-12,17H,4,16H2,1-2H3/b6-5-,12-11-,13-3-. The van der Waals surface area contributed by atoms with E-state index in [1.165, 1.54) is 5.57 Å². The van der Waals surface area contributed by atoms with Crippen LogP contribution in [-0.4, -0.2) is 6.54 Å². The topological polar surface area (TPSA) is 38.0 Å². The highest BCUT2D eigenvalue weighted by molar-refractivity contribution is 5.57. The van der Waals surface area contributed by atoms with E-state index in [4.69, 9.17) is 5.73 Å². The fourth-order valence-electron chi connectivity index (χ4n) is 1.32. The van der Waals surface area contributed by atoms with E-state index >= 15 is 0 Å². The van der Waals surface area contributed by atoms with Gasteiger partial charge in [0.25, 0.3) is 0 Å². The van der Waals surface area contributed by atoms with Crippen LogP contribution >= 0.6 is 0 Å². The largest absolute Gasteiger partial charge is 0.399 e. The maximum absolute atomic E-state index is 5.63. The van der Waals surface area contributed by atoms with Crippen LogP contribution in [0.1, 0.15) is 19.4 Å². The molecular formula is C15H20N2. The molecule has 2 nitrogen and oxygen atoms in total. The lowest BCUT2D eigenvalue weighted by molar-refractivity contribution is 0.919. The minimum Gasteiger partial charge on any atom is -0.399 e. The summed E-state index contributed by atoms with van der Waals surface area (Å²) in [6.45, 7) is 5.04. The molecule has 0 amide bonds. The molecule has 0 radical (unpaired) electrons. The SMILES string of the molecule is C/C=C(\C=C/NCC)/C=C\c1ccc(N)cc1. The molecule has 1 rings (SSSR count). The van der Waals surface area contributed by atoms with Gasteiger partial charge in [0, 0.05) is 12.2 Å². The number of allylic oxidation sites excluding steroid dienone is 4. The lowest BCUT2D eigenvalue weighted by atomic mass is 10.1. The molecule has 17 heavy (non-hydrogen) atoms. The van der Waals surface area contributed by atoms with Gasteiger partial charge in [0.15, 0.2) is 0 Å². The highest BCUT2D eigenvalue weighted by Crippen LogP contribution is 2.09. The summed E-state index contributed by atoms with van der Waals surface area (Å²) >= 11 is 0. The molecule has 0 aliphatic carbocycles. The molecule has 90 valence electrons. The van der Waals surface area contributed by atoms with Crippen LogP contribution in [-0.2, 0) is 0 Å². The summed E-state index contributed by atoms with van der Waals surface area (Å²) in [5.41, 5.74) is 8.74. The molecule has 0 aromatic heterocycles. The number of benzene rings is 1. The van der Waals surface area contributed by atoms with Crippen molar-refractivity contribution in [1.29, 1.82) is 0 Å². The molecule has 0 saturated heterocycles. The lowest BCUT2D eigenvalue weighted by Gasteiger charge is -1.97. The number of rotatable bonds is 5. The molecule has 0 bridgehead atoms. The van der Waals surface area contributed by atoms with Gasteiger partial charge in [-0.2, -0.15) is 0 Å². The minimum absolute atomic E-state index is 0.792. The average Bonchev–Trinajstić information content (AvgIpc) is 2.35. The van der Waals surface area contributed by atoms with Crippen LogP contribution in [0.2, 0.25) is 0 Å². The molecule has 0 aliphatic rings. The summed E-state index contributed by atoms with van der Waals surface area (Å²) in [5.74, 6) is 0. The molecule has 0 saturated carbocycles. The van der Waals surface area contributed by atoms with Crippen molar-refractivity contribution >= 4 is 11.8 Å². The Kier molecular flexibility index (Phi) is 5.66. The maximum Gasteiger partial charge on any atom is 0.0314 e. The minimum atomic E-state index is 0.792. The van der Waals surface area contributed by atoms with Crippen LogP contribution < -0.4 is 11.1 Å². The van der Waals surface area contributed by atoms with Crippen molar-refractivity contribution in [3.05, 3.63) is 59.8 Å². The molecule has 0 unspecified atom stereocenters. The van der Waals surface area contributed by atoms with Crippen LogP contribution in [0, 0.1) is 0 Å². The van der Waals surface area contributed by atoms with E-state index < -0.39 is 0 Å². The fourth-order valence-corrected chi connectivity index (χ4v) is 1.32. The Hall–Kier alpha value is -1.96. The molecule has 0 aliphatic heterocycles. The van der Waals surface area contributed by atoms with E-state index in [0.29, 0.717) is 0 Å². The van der Waals surface area contributed by atoms with Crippen LogP contribution in [0.5, 0.6) is 0 Å². The first kappa shape index (κ1) is 13.1. The lowest BCUT2D eigenvalue weighted by Crippen LogP contribution is -2.01. The quantitative estimate of drug-likeness (QED) is 0.599. The third-order valence-electron chi connectivity index (χ3n) is 2.34. The van der Waals surface area contributed by atoms with Crippen molar-refractivity contribution in [3.8, 4) is 0 Å². The molecule has 2 heteroatoms. The van der Waals surface area contributed by atoms with Crippen LogP contribution in [0.25, 0.3) is 6.08 Å². The van der Waals surface area contributed by atoms with Gasteiger partial charge in [-0.05, 0) is 49.4 Å². The number of hydrogen-bond acceptors (Lipinski definition) is 2. The first-order valence-corrected chi connectivity index (χ1v) is 5.86. The van der Waals surface area contributed by atoms with Gasteiger partial charge in [0.1, 0.15) is 0 Å². The zero-order valence-electron chi connectivity index (χ0n) is 10.5. The maximum atomic E-state index is 5.63. The Morgan fingerprint density at radius 2 is 1.94 bits per heavy atom. The third kappa shape index (κ3) is 5.07. The van der Waals surface area contributed by atoms with Gasteiger partial charge in [-0.15, -0.1) is 0 Å². The summed E-state index contributed by atoms with van der Waals surface area (Å²) < 4.78 is 0. The molecule has 0 spiro atoms. The Morgan fingerprint density at radius 3 is 2.53 bits per heavy atom. The first-order chi connectivity index (χ1) is 8.26. The van der Waals surface area contributed by atoms with Gasteiger partial charge in [-0.3, -0.25) is 0 Å². The number of nitrogen functional groups attached to an aromatic ring is 1. The Bertz CT molecular complexity index is 411. The molecular weight excluding hydrogens is 208 g/mol. The van der Waals surface area contributed by atoms with E-state index in [1.54, 1.807) is 0 Å². The summed E-state index contributed by atoms with van der Waals surface area (Å²) in [6, 6.07) is 7.83. The predicted molar refractivity (Wildman–Crippen MR) is 76.5 cm³/mol. The van der Waals surface area contributed by atoms with E-state index in [2.05, 4.69) is 36.5 Å². The van der Waals surface area contributed by atoms with Crippen molar-refractivity contribution in [1.82, 2.24) is 5.32 Å². The van der Waals surface area contributed by atoms with E-state index in [1.807, 2.05) is 37.4 Å². The Labute approximate surface area is 104 Å². The van der Waals surface area contributed by atoms with Gasteiger partial charge < -0.3 is 11.1 Å². The van der Waals surface area contributed by atoms with Crippen molar-refractivity contribution < 1.29 is 0 Å². The molecule has 1 aromatic carbocycles. The molecule has 3 N–H and O–H groups in total. The second kappa shape index (κ2) is 7.34. The van der Waals surface area contributed by atoms with Gasteiger partial charge in [-0.25, -0.2) is 0 Å². The summed E-state index contributed by atoms with van der Waals surface area (Å²) in [6.07, 6.45) is 10.2. The average molecular weight is 228 g/mol. The van der Waals surface area contributed by atoms with Crippen molar-refractivity contribution in [3.63, 3.8) is 0 Å². The molecule has 0 heterocycles. The first-order valence-electron chi connectivity index (χ1n) is 5.86. The van der Waals surface area contributed by atoms with Gasteiger partial charge in [0.05, 0.1) is 0 Å². The van der Waals surface area contributed by atoms with Crippen LogP contribution in [0.4, 0.5) is 5.69 Å². The van der Waals surface area contributed by atoms with Crippen LogP contribution in [0.15, 0.2) is 54.3 Å². The Balaban J connectivity index is 2.65. The van der Waals surface area contributed by atoms with Gasteiger partial charge in [0.2, 0.25) is 0 Å². The van der Waals surface area contributed by atoms with Crippen molar-refractivity contribution in [2.45, 2.75) is 13.8 Å². The molecule has 0 fully saturated rings. The number of nitrogens with one attached hydrogen (secondary N) is 1. The number of nitrogens with two attached hydrogens (primary N) is 1. The second-order valence-electron chi connectivity index (χ2n) is 3.68. The highest BCUT2D eigenvalue weighted by atomic mass is 14.8. The van der Waals surface area contributed by atoms with Gasteiger partial charge in [-0.1, -0.05) is 30.4 Å². The smallest absolute Gasteiger partial charge is 0.0314 e. The second-order valence-corrected chi connectivity index (χ2v) is 3.68.